The molecule has 4 rings (SSSR count). The van der Waals surface area contributed by atoms with Gasteiger partial charge < -0.3 is 19.6 Å². The molecule has 0 aliphatic carbocycles. The first-order chi connectivity index (χ1) is 13.5. The summed E-state index contributed by atoms with van der Waals surface area (Å²) in [6.07, 6.45) is 2.41. The third kappa shape index (κ3) is 3.00. The molecule has 0 bridgehead atoms. The lowest BCUT2D eigenvalue weighted by Gasteiger charge is -2.31. The Morgan fingerprint density at radius 1 is 1.25 bits per heavy atom. The van der Waals surface area contributed by atoms with E-state index < -0.39 is 18.1 Å². The van der Waals surface area contributed by atoms with E-state index in [1.54, 1.807) is 50.4 Å². The number of nitrogens with one attached hydrogen (secondary N) is 1. The van der Waals surface area contributed by atoms with Gasteiger partial charge in [-0.2, -0.15) is 0 Å². The summed E-state index contributed by atoms with van der Waals surface area (Å²) in [5, 5.41) is 12.7. The van der Waals surface area contributed by atoms with Crippen LogP contribution in [0.1, 0.15) is 33.3 Å². The molecule has 3 heterocycles. The van der Waals surface area contributed by atoms with Gasteiger partial charge in [0.15, 0.2) is 11.5 Å². The quantitative estimate of drug-likeness (QED) is 0.726. The number of rotatable bonds is 3. The smallest absolute Gasteiger partial charge is 0.274 e. The van der Waals surface area contributed by atoms with Gasteiger partial charge in [-0.05, 0) is 49.7 Å². The molecule has 7 nitrogen and oxygen atoms in total. The summed E-state index contributed by atoms with van der Waals surface area (Å²) in [7, 11) is 0. The second-order valence-corrected chi connectivity index (χ2v) is 6.65. The number of pyridine rings is 1. The largest absolute Gasteiger partial charge is 0.505 e. The first-order valence-electron chi connectivity index (χ1n) is 8.80. The van der Waals surface area contributed by atoms with Crippen molar-refractivity contribution in [2.24, 2.45) is 0 Å². The number of aryl methyl sites for hydroxylation is 1. The molecule has 2 aromatic heterocycles. The molecule has 1 amide bonds. The fourth-order valence-electron chi connectivity index (χ4n) is 3.18. The molecule has 28 heavy (non-hydrogen) atoms. The lowest BCUT2D eigenvalue weighted by atomic mass is 9.94. The van der Waals surface area contributed by atoms with E-state index in [4.69, 9.17) is 9.15 Å². The lowest BCUT2D eigenvalue weighted by Crippen LogP contribution is -2.52. The van der Waals surface area contributed by atoms with Crippen LogP contribution in [0.25, 0.3) is 11.3 Å². The second-order valence-electron chi connectivity index (χ2n) is 6.65. The number of carbonyl (C=O) groups excluding carboxylic acids is 2. The number of amides is 1. The zero-order valence-electron chi connectivity index (χ0n) is 15.3. The maximum Gasteiger partial charge on any atom is 0.274 e. The minimum absolute atomic E-state index is 0.126. The van der Waals surface area contributed by atoms with Gasteiger partial charge in [-0.3, -0.25) is 9.59 Å². The number of ketones is 1. The molecule has 2 unspecified atom stereocenters. The third-order valence-electron chi connectivity index (χ3n) is 4.75. The Labute approximate surface area is 161 Å². The van der Waals surface area contributed by atoms with Gasteiger partial charge in [0.25, 0.3) is 5.91 Å². The summed E-state index contributed by atoms with van der Waals surface area (Å²) in [5.41, 5.74) is 1.56. The van der Waals surface area contributed by atoms with Crippen LogP contribution in [0.3, 0.4) is 0 Å². The number of aromatic hydroxyl groups is 1. The van der Waals surface area contributed by atoms with Crippen LogP contribution < -0.4 is 10.1 Å². The van der Waals surface area contributed by atoms with Crippen LogP contribution in [-0.4, -0.2) is 33.9 Å². The molecule has 2 atom stereocenters. The molecule has 0 saturated carbocycles. The Balaban J connectivity index is 1.60. The average Bonchev–Trinajstić information content (AvgIpc) is 3.21. The summed E-state index contributed by atoms with van der Waals surface area (Å²) < 4.78 is 11.3. The van der Waals surface area contributed by atoms with Crippen molar-refractivity contribution >= 4 is 11.7 Å². The zero-order chi connectivity index (χ0) is 19.8. The third-order valence-corrected chi connectivity index (χ3v) is 4.75. The Morgan fingerprint density at radius 2 is 2.07 bits per heavy atom. The van der Waals surface area contributed by atoms with Crippen molar-refractivity contribution in [1.29, 1.82) is 0 Å². The van der Waals surface area contributed by atoms with Crippen LogP contribution in [0.15, 0.2) is 53.3 Å². The number of hydrogen-bond acceptors (Lipinski definition) is 6. The van der Waals surface area contributed by atoms with Gasteiger partial charge >= 0.3 is 0 Å². The summed E-state index contributed by atoms with van der Waals surface area (Å²) in [4.78, 5) is 29.4. The average molecular weight is 378 g/mol. The lowest BCUT2D eigenvalue weighted by molar-refractivity contribution is 0.0700. The van der Waals surface area contributed by atoms with Gasteiger partial charge in [0.05, 0.1) is 11.8 Å². The predicted molar refractivity (Wildman–Crippen MR) is 100 cm³/mol. The molecule has 1 aliphatic rings. The molecule has 2 N–H and O–H groups in total. The van der Waals surface area contributed by atoms with Gasteiger partial charge in [-0.15, -0.1) is 0 Å². The normalized spacial score (nSPS) is 18.3. The number of ether oxygens (including phenoxy) is 1. The maximum atomic E-state index is 12.9. The van der Waals surface area contributed by atoms with Crippen LogP contribution in [0.4, 0.5) is 0 Å². The van der Waals surface area contributed by atoms with Crippen molar-refractivity contribution in [2.45, 2.75) is 26.0 Å². The summed E-state index contributed by atoms with van der Waals surface area (Å²) >= 11 is 0. The second kappa shape index (κ2) is 6.84. The standard InChI is InChI=1S/C21H18N2O5/c1-11-7-8-22-18(19(11)24)21(26)23-17-12(2)28-16-10-13(15-4-3-9-27-15)5-6-14(16)20(17)25/h3-10,12,17,24H,1-2H3,(H,23,26). The Bertz CT molecular complexity index is 1060. The predicted octanol–water partition coefficient (Wildman–Crippen LogP) is 3.12. The number of aromatic nitrogens is 1. The molecule has 0 fully saturated rings. The van der Waals surface area contributed by atoms with Gasteiger partial charge in [0, 0.05) is 11.8 Å². The maximum absolute atomic E-state index is 12.9. The first kappa shape index (κ1) is 17.8. The van der Waals surface area contributed by atoms with Crippen LogP contribution >= 0.6 is 0 Å². The molecule has 0 saturated heterocycles. The minimum Gasteiger partial charge on any atom is -0.505 e. The molecule has 1 aliphatic heterocycles. The van der Waals surface area contributed by atoms with E-state index in [1.807, 2.05) is 6.07 Å². The van der Waals surface area contributed by atoms with Crippen molar-refractivity contribution in [2.75, 3.05) is 0 Å². The van der Waals surface area contributed by atoms with Gasteiger partial charge in [0.2, 0.25) is 0 Å². The number of carbonyl (C=O) groups is 2. The molecular weight excluding hydrogens is 360 g/mol. The number of benzene rings is 1. The molecule has 7 heteroatoms. The Kier molecular flexibility index (Phi) is 4.35. The van der Waals surface area contributed by atoms with Crippen molar-refractivity contribution in [3.63, 3.8) is 0 Å². The summed E-state index contributed by atoms with van der Waals surface area (Å²) in [5.74, 6) is 0.00238. The fraction of sp³-hybridized carbons (Fsp3) is 0.190. The van der Waals surface area contributed by atoms with Crippen LogP contribution in [0.2, 0.25) is 0 Å². The van der Waals surface area contributed by atoms with Crippen molar-refractivity contribution in [3.8, 4) is 22.8 Å². The van der Waals surface area contributed by atoms with Crippen molar-refractivity contribution < 1.29 is 23.8 Å². The SMILES string of the molecule is Cc1ccnc(C(=O)NC2C(=O)c3ccc(-c4ccco4)cc3OC2C)c1O. The van der Waals surface area contributed by atoms with E-state index in [2.05, 4.69) is 10.3 Å². The Hall–Kier alpha value is -3.61. The van der Waals surface area contributed by atoms with Gasteiger partial charge in [0.1, 0.15) is 29.4 Å². The van der Waals surface area contributed by atoms with E-state index in [0.29, 0.717) is 22.6 Å². The molecule has 0 spiro atoms. The van der Waals surface area contributed by atoms with Gasteiger partial charge in [-0.1, -0.05) is 6.07 Å². The number of hydrogen-bond donors (Lipinski definition) is 2. The van der Waals surface area contributed by atoms with Crippen LogP contribution in [0, 0.1) is 6.92 Å². The molecule has 3 aromatic rings. The molecule has 0 radical (unpaired) electrons. The number of furan rings is 1. The highest BCUT2D eigenvalue weighted by Crippen LogP contribution is 2.33. The summed E-state index contributed by atoms with van der Waals surface area (Å²) in [6, 6.07) is 9.47. The molecule has 142 valence electrons. The fourth-order valence-corrected chi connectivity index (χ4v) is 3.18. The van der Waals surface area contributed by atoms with E-state index in [0.717, 1.165) is 5.56 Å². The highest BCUT2D eigenvalue weighted by atomic mass is 16.5. The number of Topliss-reactive ketones (excluding diaryl/α,β-unsaturated/α-hetero) is 1. The monoisotopic (exact) mass is 378 g/mol. The first-order valence-corrected chi connectivity index (χ1v) is 8.80. The van der Waals surface area contributed by atoms with E-state index >= 15 is 0 Å². The van der Waals surface area contributed by atoms with Crippen molar-refractivity contribution in [1.82, 2.24) is 10.3 Å². The molecular formula is C21H18N2O5. The van der Waals surface area contributed by atoms with E-state index in [1.165, 1.54) is 6.20 Å². The Morgan fingerprint density at radius 3 is 2.82 bits per heavy atom. The zero-order valence-corrected chi connectivity index (χ0v) is 15.3. The minimum atomic E-state index is -0.892. The summed E-state index contributed by atoms with van der Waals surface area (Å²) in [6.45, 7) is 3.37. The van der Waals surface area contributed by atoms with E-state index in [-0.39, 0.29) is 17.2 Å². The topological polar surface area (TPSA) is 102 Å². The highest BCUT2D eigenvalue weighted by Gasteiger charge is 2.36. The number of nitrogens with zero attached hydrogens (tertiary/aromatic N) is 1. The molecule has 1 aromatic carbocycles. The van der Waals surface area contributed by atoms with Crippen molar-refractivity contribution in [3.05, 3.63) is 65.7 Å². The number of fused-ring (bicyclic) bond motifs is 1. The van der Waals surface area contributed by atoms with Crippen LogP contribution in [0.5, 0.6) is 11.5 Å². The van der Waals surface area contributed by atoms with Gasteiger partial charge in [-0.25, -0.2) is 4.98 Å². The van der Waals surface area contributed by atoms with E-state index in [9.17, 15) is 14.7 Å². The highest BCUT2D eigenvalue weighted by molar-refractivity contribution is 6.07. The van der Waals surface area contributed by atoms with Crippen LogP contribution in [-0.2, 0) is 0 Å².